The van der Waals surface area contributed by atoms with E-state index in [-0.39, 0.29) is 6.04 Å². The minimum absolute atomic E-state index is 0.161. The molecule has 1 aromatic carbocycles. The molecule has 0 bridgehead atoms. The molecule has 1 N–H and O–H groups in total. The third kappa shape index (κ3) is 3.33. The van der Waals surface area contributed by atoms with E-state index < -0.39 is 0 Å². The summed E-state index contributed by atoms with van der Waals surface area (Å²) < 4.78 is 1.72. The van der Waals surface area contributed by atoms with Gasteiger partial charge in [-0.05, 0) is 24.6 Å². The van der Waals surface area contributed by atoms with Crippen molar-refractivity contribution in [3.8, 4) is 0 Å². The van der Waals surface area contributed by atoms with Crippen molar-refractivity contribution >= 4 is 11.6 Å². The molecule has 1 aromatic heterocycles. The lowest BCUT2D eigenvalue weighted by Crippen LogP contribution is -2.23. The van der Waals surface area contributed by atoms with Crippen LogP contribution in [0.4, 0.5) is 0 Å². The normalized spacial score (nSPS) is 12.6. The van der Waals surface area contributed by atoms with Crippen LogP contribution in [0.2, 0.25) is 5.02 Å². The molecule has 2 rings (SSSR count). The van der Waals surface area contributed by atoms with Crippen molar-refractivity contribution in [1.29, 1.82) is 0 Å². The van der Waals surface area contributed by atoms with Crippen LogP contribution < -0.4 is 5.32 Å². The Kier molecular flexibility index (Phi) is 4.56. The third-order valence-corrected chi connectivity index (χ3v) is 3.63. The lowest BCUT2D eigenvalue weighted by Gasteiger charge is -2.19. The molecule has 1 heterocycles. The highest BCUT2D eigenvalue weighted by molar-refractivity contribution is 6.32. The second-order valence-electron chi connectivity index (χ2n) is 4.68. The number of likely N-dealkylation sites (N-methyl/N-ethyl adjacent to an activating group) is 1. The Balaban J connectivity index is 2.26. The van der Waals surface area contributed by atoms with E-state index in [9.17, 15) is 0 Å². The fourth-order valence-electron chi connectivity index (χ4n) is 2.18. The Morgan fingerprint density at radius 1 is 1.42 bits per heavy atom. The van der Waals surface area contributed by atoms with Crippen molar-refractivity contribution in [1.82, 2.24) is 20.3 Å². The maximum Gasteiger partial charge on any atom is 0.0845 e. The molecule has 0 saturated carbocycles. The number of aryl methyl sites for hydroxylation is 2. The summed E-state index contributed by atoms with van der Waals surface area (Å²) in [6.45, 7) is 5.00. The Bertz CT molecular complexity index is 550. The van der Waals surface area contributed by atoms with Gasteiger partial charge in [-0.15, -0.1) is 5.10 Å². The van der Waals surface area contributed by atoms with Gasteiger partial charge >= 0.3 is 0 Å². The molecule has 2 aromatic rings. The molecular weight excluding hydrogens is 260 g/mol. The minimum atomic E-state index is 0.161. The number of benzene rings is 1. The number of aromatic nitrogens is 3. The van der Waals surface area contributed by atoms with Gasteiger partial charge in [-0.2, -0.15) is 0 Å². The van der Waals surface area contributed by atoms with Crippen molar-refractivity contribution in [2.75, 3.05) is 6.54 Å². The Morgan fingerprint density at radius 2 is 2.21 bits per heavy atom. The van der Waals surface area contributed by atoms with E-state index >= 15 is 0 Å². The number of halogens is 1. The van der Waals surface area contributed by atoms with Crippen molar-refractivity contribution in [3.63, 3.8) is 0 Å². The van der Waals surface area contributed by atoms with E-state index in [4.69, 9.17) is 11.6 Å². The highest BCUT2D eigenvalue weighted by Gasteiger charge is 2.16. The number of hydrogen-bond acceptors (Lipinski definition) is 3. The first-order valence-corrected chi connectivity index (χ1v) is 6.83. The molecule has 0 spiro atoms. The van der Waals surface area contributed by atoms with Crippen LogP contribution in [-0.2, 0) is 13.5 Å². The monoisotopic (exact) mass is 278 g/mol. The number of rotatable bonds is 5. The first-order chi connectivity index (χ1) is 9.11. The van der Waals surface area contributed by atoms with Gasteiger partial charge in [-0.3, -0.25) is 4.68 Å². The van der Waals surface area contributed by atoms with E-state index in [2.05, 4.69) is 28.6 Å². The quantitative estimate of drug-likeness (QED) is 0.914. The SMILES string of the molecule is CCNC(Cc1cn(C)nn1)c1cccc(C)c1Cl. The van der Waals surface area contributed by atoms with Gasteiger partial charge < -0.3 is 5.32 Å². The van der Waals surface area contributed by atoms with Crippen LogP contribution in [0.15, 0.2) is 24.4 Å². The number of nitrogens with one attached hydrogen (secondary N) is 1. The number of nitrogens with zero attached hydrogens (tertiary/aromatic N) is 3. The van der Waals surface area contributed by atoms with Crippen LogP contribution in [0, 0.1) is 6.92 Å². The summed E-state index contributed by atoms with van der Waals surface area (Å²) in [4.78, 5) is 0. The first kappa shape index (κ1) is 14.0. The largest absolute Gasteiger partial charge is 0.310 e. The minimum Gasteiger partial charge on any atom is -0.310 e. The number of hydrogen-bond donors (Lipinski definition) is 1. The lowest BCUT2D eigenvalue weighted by atomic mass is 10.00. The molecule has 1 atom stereocenters. The van der Waals surface area contributed by atoms with Crippen molar-refractivity contribution in [2.45, 2.75) is 26.3 Å². The molecule has 0 fully saturated rings. The predicted molar refractivity (Wildman–Crippen MR) is 77.3 cm³/mol. The van der Waals surface area contributed by atoms with Crippen LogP contribution in [0.25, 0.3) is 0 Å². The van der Waals surface area contributed by atoms with Gasteiger partial charge in [0.25, 0.3) is 0 Å². The molecule has 1 unspecified atom stereocenters. The summed E-state index contributed by atoms with van der Waals surface area (Å²) in [7, 11) is 1.87. The standard InChI is InChI=1S/C14H19ClN4/c1-4-16-13(8-11-9-19(3)18-17-11)12-7-5-6-10(2)14(12)15/h5-7,9,13,16H,4,8H2,1-3H3. The Hall–Kier alpha value is -1.39. The molecule has 0 amide bonds. The molecule has 102 valence electrons. The van der Waals surface area contributed by atoms with E-state index in [1.165, 1.54) is 0 Å². The predicted octanol–water partition coefficient (Wildman–Crippen LogP) is 2.67. The average Bonchev–Trinajstić information content (AvgIpc) is 2.78. The van der Waals surface area contributed by atoms with Crippen LogP contribution in [0.1, 0.15) is 29.8 Å². The van der Waals surface area contributed by atoms with Crippen LogP contribution in [-0.4, -0.2) is 21.5 Å². The van der Waals surface area contributed by atoms with E-state index in [1.807, 2.05) is 32.3 Å². The van der Waals surface area contributed by atoms with Crippen molar-refractivity contribution < 1.29 is 0 Å². The second kappa shape index (κ2) is 6.17. The molecule has 0 aliphatic rings. The van der Waals surface area contributed by atoms with Crippen LogP contribution >= 0.6 is 11.6 Å². The fraction of sp³-hybridized carbons (Fsp3) is 0.429. The van der Waals surface area contributed by atoms with E-state index in [1.54, 1.807) is 4.68 Å². The molecule has 0 radical (unpaired) electrons. The maximum atomic E-state index is 6.41. The highest BCUT2D eigenvalue weighted by Crippen LogP contribution is 2.27. The third-order valence-electron chi connectivity index (χ3n) is 3.11. The Labute approximate surface area is 118 Å². The van der Waals surface area contributed by atoms with Gasteiger partial charge in [0, 0.05) is 30.7 Å². The molecule has 0 aliphatic carbocycles. The van der Waals surface area contributed by atoms with Crippen molar-refractivity contribution in [3.05, 3.63) is 46.2 Å². The molecule has 4 nitrogen and oxygen atoms in total. The molecule has 5 heteroatoms. The summed E-state index contributed by atoms with van der Waals surface area (Å²) in [5.41, 5.74) is 3.18. The summed E-state index contributed by atoms with van der Waals surface area (Å²) >= 11 is 6.41. The second-order valence-corrected chi connectivity index (χ2v) is 5.05. The molecular formula is C14H19ClN4. The van der Waals surface area contributed by atoms with Gasteiger partial charge in [0.2, 0.25) is 0 Å². The van der Waals surface area contributed by atoms with Crippen LogP contribution in [0.3, 0.4) is 0 Å². The summed E-state index contributed by atoms with van der Waals surface area (Å²) in [5, 5.41) is 12.4. The van der Waals surface area contributed by atoms with Crippen LogP contribution in [0.5, 0.6) is 0 Å². The summed E-state index contributed by atoms with van der Waals surface area (Å²) in [5.74, 6) is 0. The van der Waals surface area contributed by atoms with Gasteiger partial charge in [-0.1, -0.05) is 41.9 Å². The average molecular weight is 279 g/mol. The van der Waals surface area contributed by atoms with E-state index in [0.29, 0.717) is 0 Å². The Morgan fingerprint density at radius 3 is 2.84 bits per heavy atom. The topological polar surface area (TPSA) is 42.7 Å². The van der Waals surface area contributed by atoms with Crippen molar-refractivity contribution in [2.24, 2.45) is 7.05 Å². The zero-order valence-corrected chi connectivity index (χ0v) is 12.3. The van der Waals surface area contributed by atoms with E-state index in [0.717, 1.165) is 34.8 Å². The highest BCUT2D eigenvalue weighted by atomic mass is 35.5. The van der Waals surface area contributed by atoms with Gasteiger partial charge in [0.05, 0.1) is 5.69 Å². The van der Waals surface area contributed by atoms with Gasteiger partial charge in [0.1, 0.15) is 0 Å². The first-order valence-electron chi connectivity index (χ1n) is 6.45. The molecule has 19 heavy (non-hydrogen) atoms. The smallest absolute Gasteiger partial charge is 0.0845 e. The molecule has 0 aliphatic heterocycles. The molecule has 0 saturated heterocycles. The summed E-state index contributed by atoms with van der Waals surface area (Å²) in [6, 6.07) is 6.29. The lowest BCUT2D eigenvalue weighted by molar-refractivity contribution is 0.543. The summed E-state index contributed by atoms with van der Waals surface area (Å²) in [6.07, 6.45) is 2.72. The van der Waals surface area contributed by atoms with Gasteiger partial charge in [0.15, 0.2) is 0 Å². The zero-order valence-electron chi connectivity index (χ0n) is 11.5. The zero-order chi connectivity index (χ0) is 13.8. The van der Waals surface area contributed by atoms with Gasteiger partial charge in [-0.25, -0.2) is 0 Å². The maximum absolute atomic E-state index is 6.41. The fourth-order valence-corrected chi connectivity index (χ4v) is 2.43.